The standard InChI is InChI=1S/C10H15NO4/c1-3-10(12)15-6-5-13-8-9(7-11)14-4-2/h3,9H,1,4-6,8H2,2H3. The molecule has 15 heavy (non-hydrogen) atoms. The molecular formula is C10H15NO4. The molecule has 0 aliphatic carbocycles. The Bertz CT molecular complexity index is 234. The highest BCUT2D eigenvalue weighted by Gasteiger charge is 2.06. The number of esters is 1. The zero-order valence-electron chi connectivity index (χ0n) is 8.77. The number of carbonyl (C=O) groups is 1. The minimum absolute atomic E-state index is 0.148. The van der Waals surface area contributed by atoms with E-state index in [4.69, 9.17) is 14.7 Å². The molecule has 0 aliphatic heterocycles. The summed E-state index contributed by atoms with van der Waals surface area (Å²) >= 11 is 0. The number of nitrogens with zero attached hydrogens (tertiary/aromatic N) is 1. The molecule has 0 bridgehead atoms. The minimum Gasteiger partial charge on any atom is -0.460 e. The summed E-state index contributed by atoms with van der Waals surface area (Å²) in [6.45, 7) is 6.08. The van der Waals surface area contributed by atoms with Crippen molar-refractivity contribution in [1.82, 2.24) is 0 Å². The van der Waals surface area contributed by atoms with Crippen LogP contribution in [0.15, 0.2) is 12.7 Å². The predicted octanol–water partition coefficient (Wildman–Crippen LogP) is 0.661. The van der Waals surface area contributed by atoms with Crippen molar-refractivity contribution in [3.8, 4) is 6.07 Å². The Hall–Kier alpha value is -1.38. The summed E-state index contributed by atoms with van der Waals surface area (Å²) in [7, 11) is 0. The van der Waals surface area contributed by atoms with Crippen LogP contribution in [0.1, 0.15) is 6.92 Å². The average molecular weight is 213 g/mol. The lowest BCUT2D eigenvalue weighted by atomic mass is 10.4. The molecule has 5 heteroatoms. The largest absolute Gasteiger partial charge is 0.460 e. The molecule has 0 radical (unpaired) electrons. The van der Waals surface area contributed by atoms with Crippen LogP contribution in [0.25, 0.3) is 0 Å². The van der Waals surface area contributed by atoms with Crippen molar-refractivity contribution in [3.63, 3.8) is 0 Å². The maximum atomic E-state index is 10.6. The van der Waals surface area contributed by atoms with E-state index in [2.05, 4.69) is 11.3 Å². The van der Waals surface area contributed by atoms with E-state index in [0.29, 0.717) is 6.61 Å². The topological polar surface area (TPSA) is 68.5 Å². The third kappa shape index (κ3) is 7.67. The van der Waals surface area contributed by atoms with Crippen LogP contribution in [-0.2, 0) is 19.0 Å². The van der Waals surface area contributed by atoms with Crippen molar-refractivity contribution in [3.05, 3.63) is 12.7 Å². The van der Waals surface area contributed by atoms with E-state index >= 15 is 0 Å². The molecular weight excluding hydrogens is 198 g/mol. The summed E-state index contributed by atoms with van der Waals surface area (Å²) in [5.74, 6) is -0.486. The van der Waals surface area contributed by atoms with Crippen molar-refractivity contribution in [2.24, 2.45) is 0 Å². The van der Waals surface area contributed by atoms with Gasteiger partial charge in [0, 0.05) is 12.7 Å². The van der Waals surface area contributed by atoms with E-state index in [0.717, 1.165) is 6.08 Å². The summed E-state index contributed by atoms with van der Waals surface area (Å²) in [6.07, 6.45) is 0.517. The van der Waals surface area contributed by atoms with Gasteiger partial charge in [0.15, 0.2) is 6.10 Å². The quantitative estimate of drug-likeness (QED) is 0.336. The van der Waals surface area contributed by atoms with E-state index < -0.39 is 12.1 Å². The van der Waals surface area contributed by atoms with Crippen molar-refractivity contribution >= 4 is 5.97 Å². The second-order valence-electron chi connectivity index (χ2n) is 2.52. The molecule has 1 unspecified atom stereocenters. The Balaban J connectivity index is 3.41. The van der Waals surface area contributed by atoms with E-state index in [1.807, 2.05) is 6.07 Å². The molecule has 0 heterocycles. The number of rotatable bonds is 8. The Labute approximate surface area is 89.2 Å². The van der Waals surface area contributed by atoms with Gasteiger partial charge in [-0.1, -0.05) is 6.58 Å². The Morgan fingerprint density at radius 1 is 1.60 bits per heavy atom. The zero-order chi connectivity index (χ0) is 11.5. The highest BCUT2D eigenvalue weighted by molar-refractivity contribution is 5.81. The van der Waals surface area contributed by atoms with Crippen LogP contribution in [0.5, 0.6) is 0 Å². The first-order valence-electron chi connectivity index (χ1n) is 4.62. The Morgan fingerprint density at radius 2 is 2.33 bits per heavy atom. The zero-order valence-corrected chi connectivity index (χ0v) is 8.77. The molecule has 0 saturated carbocycles. The van der Waals surface area contributed by atoms with Gasteiger partial charge in [0.25, 0.3) is 0 Å². The fourth-order valence-electron chi connectivity index (χ4n) is 0.774. The van der Waals surface area contributed by atoms with E-state index in [1.165, 1.54) is 0 Å². The first kappa shape index (κ1) is 13.6. The van der Waals surface area contributed by atoms with Crippen molar-refractivity contribution < 1.29 is 19.0 Å². The van der Waals surface area contributed by atoms with Crippen LogP contribution in [-0.4, -0.2) is 38.5 Å². The number of carbonyl (C=O) groups excluding carboxylic acids is 1. The minimum atomic E-state index is -0.565. The maximum absolute atomic E-state index is 10.6. The summed E-state index contributed by atoms with van der Waals surface area (Å²) in [5, 5.41) is 8.59. The molecule has 1 atom stereocenters. The molecule has 0 rings (SSSR count). The van der Waals surface area contributed by atoms with Gasteiger partial charge in [0.2, 0.25) is 0 Å². The van der Waals surface area contributed by atoms with Gasteiger partial charge in [-0.2, -0.15) is 5.26 Å². The smallest absolute Gasteiger partial charge is 0.330 e. The fraction of sp³-hybridized carbons (Fsp3) is 0.600. The van der Waals surface area contributed by atoms with Crippen LogP contribution >= 0.6 is 0 Å². The lowest BCUT2D eigenvalue weighted by Gasteiger charge is -2.09. The number of hydrogen-bond acceptors (Lipinski definition) is 5. The molecule has 0 N–H and O–H groups in total. The maximum Gasteiger partial charge on any atom is 0.330 e. The highest BCUT2D eigenvalue weighted by atomic mass is 16.6. The van der Waals surface area contributed by atoms with Gasteiger partial charge in [-0.25, -0.2) is 4.79 Å². The van der Waals surface area contributed by atoms with Crippen LogP contribution < -0.4 is 0 Å². The van der Waals surface area contributed by atoms with E-state index in [9.17, 15) is 4.79 Å². The molecule has 84 valence electrons. The van der Waals surface area contributed by atoms with Crippen LogP contribution in [0.3, 0.4) is 0 Å². The SMILES string of the molecule is C=CC(=O)OCCOCC(C#N)OCC. The van der Waals surface area contributed by atoms with Gasteiger partial charge in [0.05, 0.1) is 19.3 Å². The van der Waals surface area contributed by atoms with E-state index in [-0.39, 0.29) is 19.8 Å². The highest BCUT2D eigenvalue weighted by Crippen LogP contribution is 1.91. The van der Waals surface area contributed by atoms with Gasteiger partial charge >= 0.3 is 5.97 Å². The normalized spacial score (nSPS) is 11.5. The number of nitriles is 1. The summed E-state index contributed by atoms with van der Waals surface area (Å²) < 4.78 is 14.8. The number of ether oxygens (including phenoxy) is 3. The summed E-state index contributed by atoms with van der Waals surface area (Å²) in [6, 6.07) is 1.94. The van der Waals surface area contributed by atoms with Gasteiger partial charge in [-0.15, -0.1) is 0 Å². The van der Waals surface area contributed by atoms with E-state index in [1.54, 1.807) is 6.92 Å². The number of hydrogen-bond donors (Lipinski definition) is 0. The second-order valence-corrected chi connectivity index (χ2v) is 2.52. The molecule has 0 aromatic rings. The van der Waals surface area contributed by atoms with Crippen LogP contribution in [0.2, 0.25) is 0 Å². The molecule has 0 aliphatic rings. The van der Waals surface area contributed by atoms with Crippen LogP contribution in [0.4, 0.5) is 0 Å². The fourth-order valence-corrected chi connectivity index (χ4v) is 0.774. The monoisotopic (exact) mass is 213 g/mol. The van der Waals surface area contributed by atoms with Gasteiger partial charge in [0.1, 0.15) is 6.61 Å². The molecule has 0 aromatic heterocycles. The van der Waals surface area contributed by atoms with Crippen LogP contribution in [0, 0.1) is 11.3 Å². The first-order valence-corrected chi connectivity index (χ1v) is 4.62. The molecule has 0 spiro atoms. The van der Waals surface area contributed by atoms with Gasteiger partial charge in [-0.05, 0) is 6.92 Å². The van der Waals surface area contributed by atoms with Crippen molar-refractivity contribution in [1.29, 1.82) is 5.26 Å². The third-order valence-electron chi connectivity index (χ3n) is 1.42. The lowest BCUT2D eigenvalue weighted by molar-refractivity contribution is -0.139. The van der Waals surface area contributed by atoms with Gasteiger partial charge in [-0.3, -0.25) is 0 Å². The second kappa shape index (κ2) is 9.19. The molecule has 0 aromatic carbocycles. The molecule has 5 nitrogen and oxygen atoms in total. The predicted molar refractivity (Wildman–Crippen MR) is 53.0 cm³/mol. The molecule has 0 amide bonds. The summed E-state index contributed by atoms with van der Waals surface area (Å²) in [4.78, 5) is 10.6. The lowest BCUT2D eigenvalue weighted by Crippen LogP contribution is -2.19. The average Bonchev–Trinajstić information content (AvgIpc) is 2.26. The van der Waals surface area contributed by atoms with Crippen molar-refractivity contribution in [2.45, 2.75) is 13.0 Å². The molecule has 0 saturated heterocycles. The van der Waals surface area contributed by atoms with Gasteiger partial charge < -0.3 is 14.2 Å². The molecule has 0 fully saturated rings. The Morgan fingerprint density at radius 3 is 2.87 bits per heavy atom. The van der Waals surface area contributed by atoms with Crippen molar-refractivity contribution in [2.75, 3.05) is 26.4 Å². The first-order chi connectivity index (χ1) is 7.24. The Kier molecular flexibility index (Phi) is 8.34. The summed E-state index contributed by atoms with van der Waals surface area (Å²) in [5.41, 5.74) is 0. The third-order valence-corrected chi connectivity index (χ3v) is 1.42.